The molecular weight excluding hydrogens is 146 g/mol. The maximum absolute atomic E-state index is 10.3. The van der Waals surface area contributed by atoms with Gasteiger partial charge in [-0.05, 0) is 0 Å². The minimum atomic E-state index is -1.52. The summed E-state index contributed by atoms with van der Waals surface area (Å²) < 4.78 is 10.3. The van der Waals surface area contributed by atoms with E-state index in [1.165, 1.54) is 0 Å². The second kappa shape index (κ2) is 4.01. The number of carbonyl (C=O) groups excluding carboxylic acids is 1. The van der Waals surface area contributed by atoms with E-state index in [9.17, 15) is 4.39 Å². The van der Waals surface area contributed by atoms with Crippen molar-refractivity contribution in [2.45, 2.75) is 0 Å². The number of rotatable bonds is 0. The van der Waals surface area contributed by atoms with Gasteiger partial charge in [0.15, 0.2) is 0 Å². The van der Waals surface area contributed by atoms with E-state index in [0.29, 0.717) is 0 Å². The molecule has 0 aromatic carbocycles. The topological polar surface area (TPSA) is 17.1 Å². The van der Waals surface area contributed by atoms with Crippen molar-refractivity contribution in [1.82, 2.24) is 0 Å². The molecule has 0 aromatic heterocycles. The average molecular weight is 147 g/mol. The molecule has 32 valence electrons. The van der Waals surface area contributed by atoms with Crippen LogP contribution in [0.25, 0.3) is 0 Å². The molecule has 0 amide bonds. The Kier molecular flexibility index (Phi) is 7.13. The van der Waals surface area contributed by atoms with Crippen molar-refractivity contribution in [3.63, 3.8) is 0 Å². The Morgan fingerprint density at radius 2 is 1.80 bits per heavy atom. The summed E-state index contributed by atoms with van der Waals surface area (Å²) in [6, 6.07) is 0. The molecule has 0 fully saturated rings. The van der Waals surface area contributed by atoms with Gasteiger partial charge in [-0.25, -0.2) is 4.79 Å². The molecule has 0 aromatic rings. The highest BCUT2D eigenvalue weighted by Gasteiger charge is 1.74. The molecule has 0 unspecified atom stereocenters. The van der Waals surface area contributed by atoms with E-state index in [2.05, 4.69) is 0 Å². The van der Waals surface area contributed by atoms with Crippen LogP contribution in [0.5, 0.6) is 0 Å². The van der Waals surface area contributed by atoms with Gasteiger partial charge in [0.25, 0.3) is 0 Å². The van der Waals surface area contributed by atoms with Gasteiger partial charge in [-0.1, -0.05) is 0 Å². The van der Waals surface area contributed by atoms with Gasteiger partial charge in [0.1, 0.15) is 0 Å². The molecule has 0 aliphatic heterocycles. The molecule has 0 N–H and O–H groups in total. The Hall–Kier alpha value is 0.01000. The van der Waals surface area contributed by atoms with Gasteiger partial charge in [0.2, 0.25) is 0 Å². The van der Waals surface area contributed by atoms with Gasteiger partial charge in [-0.15, -0.1) is 0 Å². The van der Waals surface area contributed by atoms with Crippen molar-refractivity contribution < 1.29 is 13.9 Å². The van der Waals surface area contributed by atoms with Crippen LogP contribution >= 0.6 is 15.9 Å². The minimum absolute atomic E-state index is 0. The Bertz CT molecular complexity index is 32.6. The lowest BCUT2D eigenvalue weighted by molar-refractivity contribution is 0.246. The third-order valence-corrected chi connectivity index (χ3v) is 0. The molecule has 0 bridgehead atoms. The second-order valence-electron chi connectivity index (χ2n) is 0.226. The van der Waals surface area contributed by atoms with E-state index < -0.39 is 4.95 Å². The van der Waals surface area contributed by atoms with Gasteiger partial charge in [0, 0.05) is 15.9 Å². The zero-order valence-electron chi connectivity index (χ0n) is 2.07. The van der Waals surface area contributed by atoms with Crippen LogP contribution in [0.4, 0.5) is 13.9 Å². The maximum atomic E-state index is 10.3. The molecule has 5 heavy (non-hydrogen) atoms. The molecule has 0 radical (unpaired) electrons. The molecule has 0 heterocycles. The van der Waals surface area contributed by atoms with E-state index in [-0.39, 0.29) is 4.70 Å². The highest BCUT2D eigenvalue weighted by molar-refractivity contribution is 9.18. The fraction of sp³-hybridized carbons (Fsp3) is 0. The molecule has 0 spiro atoms. The number of hydrogen-bond donors (Lipinski definition) is 0. The smallest absolute Gasteiger partial charge is 0.269 e. The van der Waals surface area contributed by atoms with Crippen molar-refractivity contribution in [1.29, 1.82) is 0 Å². The molecule has 0 aliphatic carbocycles. The van der Waals surface area contributed by atoms with E-state index in [4.69, 9.17) is 4.79 Å². The zero-order valence-corrected chi connectivity index (χ0v) is 3.66. The standard InChI is InChI=1S/CBrFO.FH/c2-1(3)4;/h;1H. The fourth-order valence-corrected chi connectivity index (χ4v) is 0. The van der Waals surface area contributed by atoms with Gasteiger partial charge >= 0.3 is 4.95 Å². The van der Waals surface area contributed by atoms with E-state index in [1.807, 2.05) is 15.9 Å². The highest BCUT2D eigenvalue weighted by Crippen LogP contribution is 1.83. The Morgan fingerprint density at radius 1 is 1.80 bits per heavy atom. The summed E-state index contributed by atoms with van der Waals surface area (Å²) in [4.78, 5) is 7.17. The predicted molar refractivity (Wildman–Crippen MR) is 17.9 cm³/mol. The first-order valence-corrected chi connectivity index (χ1v) is 1.38. The van der Waals surface area contributed by atoms with Crippen LogP contribution in [0.1, 0.15) is 0 Å². The summed E-state index contributed by atoms with van der Waals surface area (Å²) in [5, 5.41) is 0. The minimum Gasteiger partial charge on any atom is -0.269 e. The Balaban J connectivity index is 0. The largest absolute Gasteiger partial charge is 0.366 e. The lowest BCUT2D eigenvalue weighted by atomic mass is 11.7. The SMILES string of the molecule is F.O=C(F)Br. The van der Waals surface area contributed by atoms with Crippen LogP contribution in [0.3, 0.4) is 0 Å². The van der Waals surface area contributed by atoms with Crippen LogP contribution < -0.4 is 0 Å². The van der Waals surface area contributed by atoms with E-state index in [1.54, 1.807) is 0 Å². The van der Waals surface area contributed by atoms with E-state index in [0.717, 1.165) is 0 Å². The van der Waals surface area contributed by atoms with Crippen LogP contribution in [0.2, 0.25) is 0 Å². The number of carbonyl (C=O) groups is 1. The van der Waals surface area contributed by atoms with Gasteiger partial charge in [-0.2, -0.15) is 4.39 Å². The molecule has 0 rings (SSSR count). The van der Waals surface area contributed by atoms with Crippen molar-refractivity contribution >= 4 is 20.9 Å². The van der Waals surface area contributed by atoms with Crippen LogP contribution in [-0.2, 0) is 0 Å². The highest BCUT2D eigenvalue weighted by atomic mass is 79.9. The monoisotopic (exact) mass is 146 g/mol. The normalized spacial score (nSPS) is 5.20. The first kappa shape index (κ1) is 8.89. The number of hydrogen-bond acceptors (Lipinski definition) is 1. The average Bonchev–Trinajstić information content (AvgIpc) is 0.811. The summed E-state index contributed by atoms with van der Waals surface area (Å²) in [6.45, 7) is 0. The van der Waals surface area contributed by atoms with Crippen molar-refractivity contribution in [2.75, 3.05) is 0 Å². The molecule has 4 heteroatoms. The van der Waals surface area contributed by atoms with Crippen molar-refractivity contribution in [2.24, 2.45) is 0 Å². The molecule has 0 saturated carbocycles. The first-order chi connectivity index (χ1) is 1.73. The lowest BCUT2D eigenvalue weighted by Gasteiger charge is -1.47. The Morgan fingerprint density at radius 3 is 1.80 bits per heavy atom. The number of halogens is 3. The third kappa shape index (κ3) is 162000. The molecule has 1 nitrogen and oxygen atoms in total. The maximum Gasteiger partial charge on any atom is 0.366 e. The summed E-state index contributed by atoms with van der Waals surface area (Å²) in [5.41, 5.74) is 0. The summed E-state index contributed by atoms with van der Waals surface area (Å²) in [6.07, 6.45) is 0. The van der Waals surface area contributed by atoms with Gasteiger partial charge in [-0.3, -0.25) is 4.70 Å². The van der Waals surface area contributed by atoms with Crippen LogP contribution in [-0.4, -0.2) is 4.95 Å². The molecule has 0 saturated heterocycles. The first-order valence-electron chi connectivity index (χ1n) is 0.582. The van der Waals surface area contributed by atoms with Gasteiger partial charge in [0.05, 0.1) is 0 Å². The third-order valence-electron chi connectivity index (χ3n) is 0. The van der Waals surface area contributed by atoms with Crippen molar-refractivity contribution in [3.05, 3.63) is 0 Å². The zero-order chi connectivity index (χ0) is 3.58. The summed E-state index contributed by atoms with van der Waals surface area (Å²) in [5.74, 6) is 0. The van der Waals surface area contributed by atoms with Crippen LogP contribution in [0, 0.1) is 0 Å². The lowest BCUT2D eigenvalue weighted by Crippen LogP contribution is -1.49. The van der Waals surface area contributed by atoms with E-state index >= 15 is 0 Å². The predicted octanol–water partition coefficient (Wildman–Crippen LogP) is 1.62. The summed E-state index contributed by atoms with van der Waals surface area (Å²) in [7, 11) is 0. The van der Waals surface area contributed by atoms with Gasteiger partial charge < -0.3 is 0 Å². The molecule has 0 aliphatic rings. The quantitative estimate of drug-likeness (QED) is 0.475. The second-order valence-corrected chi connectivity index (χ2v) is 0.849. The summed E-state index contributed by atoms with van der Waals surface area (Å²) >= 11 is 1.97. The van der Waals surface area contributed by atoms with Crippen molar-refractivity contribution in [3.8, 4) is 0 Å². The molecule has 0 atom stereocenters. The fourth-order valence-electron chi connectivity index (χ4n) is 0. The van der Waals surface area contributed by atoms with Crippen LogP contribution in [0.15, 0.2) is 0 Å². The Labute approximate surface area is 35.7 Å². The molecular formula is CHBrF2O.